The Balaban J connectivity index is 1.66. The van der Waals surface area contributed by atoms with E-state index in [1.807, 2.05) is 30.2 Å². The Kier molecular flexibility index (Phi) is 4.57. The molecular formula is C18H26N4. The van der Waals surface area contributed by atoms with Gasteiger partial charge in [0, 0.05) is 25.5 Å². The molecule has 0 aromatic carbocycles. The number of hydrogen-bond acceptors (Lipinski definition) is 3. The summed E-state index contributed by atoms with van der Waals surface area (Å²) < 4.78 is 1.88. The Hall–Kier alpha value is -1.68. The maximum absolute atomic E-state index is 4.50. The number of pyridine rings is 1. The summed E-state index contributed by atoms with van der Waals surface area (Å²) in [6.07, 6.45) is 7.54. The first-order chi connectivity index (χ1) is 10.6. The van der Waals surface area contributed by atoms with Crippen molar-refractivity contribution < 1.29 is 0 Å². The van der Waals surface area contributed by atoms with Crippen LogP contribution < -0.4 is 0 Å². The van der Waals surface area contributed by atoms with E-state index in [1.54, 1.807) is 0 Å². The van der Waals surface area contributed by atoms with Crippen LogP contribution in [0.1, 0.15) is 32.3 Å². The Bertz CT molecular complexity index is 609. The van der Waals surface area contributed by atoms with Crippen LogP contribution in [0.5, 0.6) is 0 Å². The lowest BCUT2D eigenvalue weighted by molar-refractivity contribution is 0.149. The molecule has 0 spiro atoms. The molecule has 0 radical (unpaired) electrons. The summed E-state index contributed by atoms with van der Waals surface area (Å²) in [6, 6.07) is 7.09. The average Bonchev–Trinajstić information content (AvgIpc) is 2.94. The molecule has 2 aromatic rings. The Morgan fingerprint density at radius 1 is 1.18 bits per heavy atom. The number of aromatic nitrogens is 3. The van der Waals surface area contributed by atoms with E-state index >= 15 is 0 Å². The van der Waals surface area contributed by atoms with Crippen LogP contribution in [0.2, 0.25) is 0 Å². The SMILES string of the molecule is CC(C)N1CCC(Cc2ccnc(-c3ccnn3C)c2)CC1. The predicted molar refractivity (Wildman–Crippen MR) is 89.6 cm³/mol. The zero-order valence-corrected chi connectivity index (χ0v) is 13.9. The lowest BCUT2D eigenvalue weighted by Gasteiger charge is -2.34. The lowest BCUT2D eigenvalue weighted by Crippen LogP contribution is -2.38. The van der Waals surface area contributed by atoms with Crippen LogP contribution in [0.25, 0.3) is 11.4 Å². The van der Waals surface area contributed by atoms with Crippen molar-refractivity contribution in [1.82, 2.24) is 19.7 Å². The van der Waals surface area contributed by atoms with Gasteiger partial charge in [-0.3, -0.25) is 9.67 Å². The molecule has 3 rings (SSSR count). The van der Waals surface area contributed by atoms with Crippen LogP contribution in [-0.4, -0.2) is 38.8 Å². The molecule has 4 nitrogen and oxygen atoms in total. The van der Waals surface area contributed by atoms with Crippen molar-refractivity contribution >= 4 is 0 Å². The summed E-state index contributed by atoms with van der Waals surface area (Å²) in [5, 5.41) is 4.23. The minimum atomic E-state index is 0.679. The topological polar surface area (TPSA) is 34.0 Å². The quantitative estimate of drug-likeness (QED) is 0.869. The van der Waals surface area contributed by atoms with Gasteiger partial charge in [-0.2, -0.15) is 5.10 Å². The number of rotatable bonds is 4. The van der Waals surface area contributed by atoms with Crippen LogP contribution in [0.3, 0.4) is 0 Å². The van der Waals surface area contributed by atoms with Gasteiger partial charge in [0.2, 0.25) is 0 Å². The second-order valence-electron chi connectivity index (χ2n) is 6.67. The molecule has 0 aliphatic carbocycles. The number of piperidine rings is 1. The van der Waals surface area contributed by atoms with Gasteiger partial charge in [-0.1, -0.05) is 0 Å². The van der Waals surface area contributed by atoms with E-state index in [4.69, 9.17) is 0 Å². The van der Waals surface area contributed by atoms with Crippen molar-refractivity contribution in [2.75, 3.05) is 13.1 Å². The molecule has 4 heteroatoms. The summed E-state index contributed by atoms with van der Waals surface area (Å²) in [5.41, 5.74) is 3.50. The molecule has 1 fully saturated rings. The number of hydrogen-bond donors (Lipinski definition) is 0. The number of aryl methyl sites for hydroxylation is 1. The summed E-state index contributed by atoms with van der Waals surface area (Å²) >= 11 is 0. The largest absolute Gasteiger partial charge is 0.301 e. The van der Waals surface area contributed by atoms with Gasteiger partial charge in [0.1, 0.15) is 0 Å². The third kappa shape index (κ3) is 3.38. The summed E-state index contributed by atoms with van der Waals surface area (Å²) in [5.74, 6) is 0.803. The number of likely N-dealkylation sites (tertiary alicyclic amines) is 1. The minimum Gasteiger partial charge on any atom is -0.301 e. The standard InChI is InChI=1S/C18H26N4/c1-14(2)22-10-6-15(7-11-22)12-16-4-8-19-17(13-16)18-5-9-20-21(18)3/h4-5,8-9,13-15H,6-7,10-12H2,1-3H3. The van der Waals surface area contributed by atoms with Gasteiger partial charge in [0.25, 0.3) is 0 Å². The fourth-order valence-electron chi connectivity index (χ4n) is 3.37. The van der Waals surface area contributed by atoms with Crippen LogP contribution in [0.15, 0.2) is 30.6 Å². The third-order valence-electron chi connectivity index (χ3n) is 4.81. The average molecular weight is 298 g/mol. The molecule has 1 saturated heterocycles. The first-order valence-electron chi connectivity index (χ1n) is 8.31. The van der Waals surface area contributed by atoms with Crippen LogP contribution in [0, 0.1) is 5.92 Å². The van der Waals surface area contributed by atoms with Crippen molar-refractivity contribution in [3.8, 4) is 11.4 Å². The Labute approximate surface area is 133 Å². The van der Waals surface area contributed by atoms with Crippen molar-refractivity contribution in [3.05, 3.63) is 36.2 Å². The highest BCUT2D eigenvalue weighted by Crippen LogP contribution is 2.24. The van der Waals surface area contributed by atoms with Crippen LogP contribution in [0.4, 0.5) is 0 Å². The Morgan fingerprint density at radius 2 is 1.95 bits per heavy atom. The van der Waals surface area contributed by atoms with E-state index < -0.39 is 0 Å². The van der Waals surface area contributed by atoms with E-state index in [-0.39, 0.29) is 0 Å². The molecule has 0 N–H and O–H groups in total. The van der Waals surface area contributed by atoms with Gasteiger partial charge in [-0.05, 0) is 75.9 Å². The lowest BCUT2D eigenvalue weighted by atomic mass is 9.89. The first-order valence-corrected chi connectivity index (χ1v) is 8.31. The minimum absolute atomic E-state index is 0.679. The summed E-state index contributed by atoms with van der Waals surface area (Å²) in [7, 11) is 1.96. The molecule has 0 atom stereocenters. The van der Waals surface area contributed by atoms with Crippen LogP contribution >= 0.6 is 0 Å². The second-order valence-corrected chi connectivity index (χ2v) is 6.67. The predicted octanol–water partition coefficient (Wildman–Crippen LogP) is 3.15. The smallest absolute Gasteiger partial charge is 0.0885 e. The highest BCUT2D eigenvalue weighted by Gasteiger charge is 2.21. The normalized spacial score (nSPS) is 17.3. The third-order valence-corrected chi connectivity index (χ3v) is 4.81. The van der Waals surface area contributed by atoms with Gasteiger partial charge >= 0.3 is 0 Å². The van der Waals surface area contributed by atoms with Crippen LogP contribution in [-0.2, 0) is 13.5 Å². The van der Waals surface area contributed by atoms with Crippen molar-refractivity contribution in [3.63, 3.8) is 0 Å². The summed E-state index contributed by atoms with van der Waals surface area (Å²) in [6.45, 7) is 7.07. The summed E-state index contributed by atoms with van der Waals surface area (Å²) in [4.78, 5) is 7.09. The molecule has 22 heavy (non-hydrogen) atoms. The Morgan fingerprint density at radius 3 is 2.59 bits per heavy atom. The van der Waals surface area contributed by atoms with Gasteiger partial charge < -0.3 is 4.90 Å². The first kappa shape index (κ1) is 15.2. The van der Waals surface area contributed by atoms with E-state index in [2.05, 4.69) is 41.0 Å². The van der Waals surface area contributed by atoms with Crippen molar-refractivity contribution in [1.29, 1.82) is 0 Å². The molecule has 1 aliphatic heterocycles. The second kappa shape index (κ2) is 6.61. The molecule has 3 heterocycles. The zero-order valence-electron chi connectivity index (χ0n) is 13.9. The van der Waals surface area contributed by atoms with Gasteiger partial charge in [-0.25, -0.2) is 0 Å². The fourth-order valence-corrected chi connectivity index (χ4v) is 3.37. The molecule has 0 saturated carbocycles. The molecule has 2 aromatic heterocycles. The maximum Gasteiger partial charge on any atom is 0.0885 e. The molecule has 118 valence electrons. The highest BCUT2D eigenvalue weighted by molar-refractivity contribution is 5.54. The maximum atomic E-state index is 4.50. The van der Waals surface area contributed by atoms with Crippen molar-refractivity contribution in [2.45, 2.75) is 39.2 Å². The molecule has 0 bridgehead atoms. The fraction of sp³-hybridized carbons (Fsp3) is 0.556. The van der Waals surface area contributed by atoms with Gasteiger partial charge in [0.05, 0.1) is 11.4 Å². The van der Waals surface area contributed by atoms with E-state index in [0.29, 0.717) is 6.04 Å². The van der Waals surface area contributed by atoms with Crippen molar-refractivity contribution in [2.24, 2.45) is 13.0 Å². The molecule has 0 unspecified atom stereocenters. The number of nitrogens with zero attached hydrogens (tertiary/aromatic N) is 4. The highest BCUT2D eigenvalue weighted by atomic mass is 15.3. The van der Waals surface area contributed by atoms with Gasteiger partial charge in [-0.15, -0.1) is 0 Å². The monoisotopic (exact) mass is 298 g/mol. The van der Waals surface area contributed by atoms with E-state index in [1.165, 1.54) is 37.9 Å². The zero-order chi connectivity index (χ0) is 15.5. The van der Waals surface area contributed by atoms with Gasteiger partial charge in [0.15, 0.2) is 0 Å². The molecule has 0 amide bonds. The van der Waals surface area contributed by atoms with E-state index in [0.717, 1.165) is 17.3 Å². The van der Waals surface area contributed by atoms with E-state index in [9.17, 15) is 0 Å². The molecular weight excluding hydrogens is 272 g/mol. The molecule has 1 aliphatic rings.